The summed E-state index contributed by atoms with van der Waals surface area (Å²) in [5.41, 5.74) is 4.08. The SMILES string of the molecule is C=CCN1[C@@H]2c3c(cc(C)c(OC)c3O)C[C@H]1[C@H](C#N)N1C2[C@@H]2SCC(=O)C(=O)OC[C@@H]1c1c3c(c(C)c(OC(C)=O)c12)OCO3. The molecule has 2 aromatic rings. The van der Waals surface area contributed by atoms with E-state index in [0.717, 1.165) is 11.1 Å². The van der Waals surface area contributed by atoms with Crippen LogP contribution in [0.4, 0.5) is 0 Å². The number of rotatable bonds is 4. The molecule has 5 aliphatic heterocycles. The van der Waals surface area contributed by atoms with Crippen molar-refractivity contribution in [3.05, 3.63) is 52.1 Å². The third-order valence-electron chi connectivity index (χ3n) is 9.70. The number of phenols is 1. The van der Waals surface area contributed by atoms with E-state index in [1.54, 1.807) is 13.0 Å². The second-order valence-electron chi connectivity index (χ2n) is 12.1. The summed E-state index contributed by atoms with van der Waals surface area (Å²) in [6, 6.07) is 1.62. The summed E-state index contributed by atoms with van der Waals surface area (Å²) in [4.78, 5) is 42.6. The van der Waals surface area contributed by atoms with E-state index in [1.165, 1.54) is 25.8 Å². The molecule has 1 N–H and O–H groups in total. The van der Waals surface area contributed by atoms with Crippen molar-refractivity contribution >= 4 is 29.5 Å². The number of phenolic OH excluding ortho intramolecular Hbond substituents is 1. The molecule has 240 valence electrons. The Bertz CT molecular complexity index is 1750. The van der Waals surface area contributed by atoms with Gasteiger partial charge in [-0.25, -0.2) is 4.79 Å². The highest BCUT2D eigenvalue weighted by Crippen LogP contribution is 2.64. The Kier molecular flexibility index (Phi) is 7.42. The number of nitrogens with zero attached hydrogens (tertiary/aromatic N) is 3. The van der Waals surface area contributed by atoms with Crippen LogP contribution in [0.2, 0.25) is 0 Å². The van der Waals surface area contributed by atoms with Gasteiger partial charge in [0.1, 0.15) is 18.4 Å². The van der Waals surface area contributed by atoms with E-state index in [2.05, 4.69) is 22.4 Å². The van der Waals surface area contributed by atoms with Gasteiger partial charge in [0.25, 0.3) is 0 Å². The van der Waals surface area contributed by atoms with Crippen molar-refractivity contribution in [1.82, 2.24) is 9.80 Å². The Hall–Kier alpha value is -4.25. The zero-order chi connectivity index (χ0) is 32.6. The number of piperazine rings is 1. The van der Waals surface area contributed by atoms with E-state index >= 15 is 0 Å². The summed E-state index contributed by atoms with van der Waals surface area (Å²) < 4.78 is 29.2. The molecule has 0 radical (unpaired) electrons. The van der Waals surface area contributed by atoms with E-state index in [1.807, 2.05) is 13.0 Å². The van der Waals surface area contributed by atoms with Crippen LogP contribution < -0.4 is 18.9 Å². The molecule has 0 aliphatic carbocycles. The molecule has 0 aromatic heterocycles. The number of hydrogen-bond donors (Lipinski definition) is 1. The van der Waals surface area contributed by atoms with E-state index in [-0.39, 0.29) is 36.7 Å². The minimum atomic E-state index is -0.957. The molecule has 0 saturated carbocycles. The summed E-state index contributed by atoms with van der Waals surface area (Å²) >= 11 is 1.21. The van der Waals surface area contributed by atoms with Gasteiger partial charge >= 0.3 is 11.9 Å². The lowest BCUT2D eigenvalue weighted by Crippen LogP contribution is -2.70. The summed E-state index contributed by atoms with van der Waals surface area (Å²) in [5.74, 6) is -0.956. The van der Waals surface area contributed by atoms with E-state index in [9.17, 15) is 24.8 Å². The third-order valence-corrected chi connectivity index (χ3v) is 11.0. The summed E-state index contributed by atoms with van der Waals surface area (Å²) in [7, 11) is 1.51. The molecule has 5 heterocycles. The number of thioether (sulfide) groups is 1. The van der Waals surface area contributed by atoms with Crippen LogP contribution in [0.15, 0.2) is 18.7 Å². The number of hydrogen-bond acceptors (Lipinski definition) is 13. The molecular weight excluding hydrogens is 614 g/mol. The van der Waals surface area contributed by atoms with Gasteiger partial charge in [0.05, 0.1) is 36.3 Å². The maximum Gasteiger partial charge on any atom is 0.375 e. The Morgan fingerprint density at radius 1 is 1.20 bits per heavy atom. The van der Waals surface area contributed by atoms with Crippen LogP contribution in [0.25, 0.3) is 0 Å². The van der Waals surface area contributed by atoms with E-state index < -0.39 is 47.1 Å². The monoisotopic (exact) mass is 647 g/mol. The van der Waals surface area contributed by atoms with Crippen LogP contribution in [-0.2, 0) is 25.5 Å². The molecule has 7 rings (SSSR count). The van der Waals surface area contributed by atoms with Crippen molar-refractivity contribution < 1.29 is 43.2 Å². The van der Waals surface area contributed by atoms with Crippen LogP contribution in [0.5, 0.6) is 28.7 Å². The van der Waals surface area contributed by atoms with Crippen LogP contribution >= 0.6 is 11.8 Å². The number of ketones is 1. The number of carbonyl (C=O) groups is 3. The summed E-state index contributed by atoms with van der Waals surface area (Å²) in [5, 5.41) is 22.1. The standard InChI is InChI=1S/C33H33N3O9S/c1-6-7-35-18-9-17-8-14(2)28(41-5)27(39)22(17)25(35)26-32-24-23(31-30(43-13-44-31)15(3)29(24)45-16(4)37)20(36(26)19(18)10-34)11-42-33(40)21(38)12-46-32/h6,8,18-20,25-26,32,39H,1,7,9,11-13H2,2-5H3/t18-,19-,20+,25+,26?,32+/m0/s1. The second kappa shape index (κ2) is 11.2. The molecule has 12 nitrogen and oxygen atoms in total. The van der Waals surface area contributed by atoms with Crippen molar-refractivity contribution in [3.8, 4) is 34.8 Å². The third kappa shape index (κ3) is 4.23. The normalized spacial score (nSPS) is 27.9. The Labute approximate surface area is 269 Å². The number of methoxy groups -OCH3 is 1. The largest absolute Gasteiger partial charge is 0.504 e. The predicted molar refractivity (Wildman–Crippen MR) is 164 cm³/mol. The van der Waals surface area contributed by atoms with Crippen molar-refractivity contribution in [3.63, 3.8) is 0 Å². The van der Waals surface area contributed by atoms with Gasteiger partial charge in [0, 0.05) is 47.8 Å². The summed E-state index contributed by atoms with van der Waals surface area (Å²) in [6.07, 6.45) is 2.23. The van der Waals surface area contributed by atoms with Crippen LogP contribution in [0, 0.1) is 25.2 Å². The van der Waals surface area contributed by atoms with Gasteiger partial charge in [0.2, 0.25) is 12.6 Å². The number of esters is 2. The first-order valence-corrected chi connectivity index (χ1v) is 16.1. The number of aryl methyl sites for hydroxylation is 1. The smallest absolute Gasteiger partial charge is 0.375 e. The van der Waals surface area contributed by atoms with E-state index in [4.69, 9.17) is 23.7 Å². The second-order valence-corrected chi connectivity index (χ2v) is 13.2. The Balaban J connectivity index is 1.58. The van der Waals surface area contributed by atoms with Gasteiger partial charge in [-0.05, 0) is 31.4 Å². The van der Waals surface area contributed by atoms with Gasteiger partial charge in [-0.1, -0.05) is 12.1 Å². The maximum absolute atomic E-state index is 13.0. The Morgan fingerprint density at radius 2 is 1.96 bits per heavy atom. The molecule has 46 heavy (non-hydrogen) atoms. The fraction of sp³-hybridized carbons (Fsp3) is 0.455. The van der Waals surface area contributed by atoms with Crippen LogP contribution in [-0.4, -0.2) is 83.6 Å². The first-order valence-electron chi connectivity index (χ1n) is 15.0. The van der Waals surface area contributed by atoms with Gasteiger partial charge in [0.15, 0.2) is 23.0 Å². The van der Waals surface area contributed by atoms with Crippen molar-refractivity contribution in [1.29, 1.82) is 5.26 Å². The van der Waals surface area contributed by atoms with Crippen molar-refractivity contribution in [2.75, 3.05) is 32.8 Å². The number of Topliss-reactive ketones (excluding diaryl/α,β-unsaturated/α-hetero) is 1. The number of fused-ring (bicyclic) bond motifs is 9. The minimum absolute atomic E-state index is 0.00754. The molecule has 0 amide bonds. The maximum atomic E-state index is 13.0. The first-order chi connectivity index (χ1) is 22.1. The number of carbonyl (C=O) groups excluding carboxylic acids is 3. The average molecular weight is 648 g/mol. The molecule has 2 saturated heterocycles. The number of ether oxygens (including phenoxy) is 5. The number of cyclic esters (lactones) is 1. The van der Waals surface area contributed by atoms with Gasteiger partial charge in [-0.15, -0.1) is 18.3 Å². The molecular formula is C33H33N3O9S. The first kappa shape index (κ1) is 30.4. The molecule has 2 fully saturated rings. The molecule has 5 aliphatic rings. The molecule has 4 bridgehead atoms. The van der Waals surface area contributed by atoms with Crippen molar-refractivity contribution in [2.24, 2.45) is 0 Å². The van der Waals surface area contributed by atoms with Gasteiger partial charge < -0.3 is 28.8 Å². The van der Waals surface area contributed by atoms with Crippen LogP contribution in [0.1, 0.15) is 57.6 Å². The van der Waals surface area contributed by atoms with Gasteiger partial charge in [-0.2, -0.15) is 5.26 Å². The highest BCUT2D eigenvalue weighted by molar-refractivity contribution is 8.00. The zero-order valence-electron chi connectivity index (χ0n) is 25.8. The lowest BCUT2D eigenvalue weighted by molar-refractivity contribution is -0.157. The molecule has 6 atom stereocenters. The number of nitriles is 1. The topological polar surface area (TPSA) is 148 Å². The Morgan fingerprint density at radius 3 is 2.65 bits per heavy atom. The van der Waals surface area contributed by atoms with E-state index in [0.29, 0.717) is 52.5 Å². The fourth-order valence-electron chi connectivity index (χ4n) is 8.14. The fourth-order valence-corrected chi connectivity index (χ4v) is 9.48. The van der Waals surface area contributed by atoms with Gasteiger partial charge in [-0.3, -0.25) is 19.4 Å². The highest BCUT2D eigenvalue weighted by atomic mass is 32.2. The number of aromatic hydroxyl groups is 1. The molecule has 1 unspecified atom stereocenters. The molecule has 0 spiro atoms. The zero-order valence-corrected chi connectivity index (χ0v) is 26.6. The summed E-state index contributed by atoms with van der Waals surface area (Å²) in [6.45, 7) is 9.04. The predicted octanol–water partition coefficient (Wildman–Crippen LogP) is 3.36. The number of benzene rings is 2. The molecule has 2 aromatic carbocycles. The lowest BCUT2D eigenvalue weighted by Gasteiger charge is -2.62. The highest BCUT2D eigenvalue weighted by Gasteiger charge is 2.61. The van der Waals surface area contributed by atoms with Crippen LogP contribution in [0.3, 0.4) is 0 Å². The average Bonchev–Trinajstić information content (AvgIpc) is 3.51. The van der Waals surface area contributed by atoms with Crippen molar-refractivity contribution in [2.45, 2.75) is 62.7 Å². The minimum Gasteiger partial charge on any atom is -0.504 e. The lowest BCUT2D eigenvalue weighted by atomic mass is 9.71. The molecule has 13 heteroatoms. The quantitative estimate of drug-likeness (QED) is 0.224.